The summed E-state index contributed by atoms with van der Waals surface area (Å²) in [6.07, 6.45) is 22.2. The van der Waals surface area contributed by atoms with Crippen LogP contribution in [-0.4, -0.2) is 24.4 Å². The zero-order valence-corrected chi connectivity index (χ0v) is 28.6. The number of phenolic OH excluding ortho intramolecular Hbond substituents is 2. The summed E-state index contributed by atoms with van der Waals surface area (Å²) in [6, 6.07) is 0. The summed E-state index contributed by atoms with van der Waals surface area (Å²) in [7, 11) is 2.96. The summed E-state index contributed by atoms with van der Waals surface area (Å²) in [4.78, 5) is 0. The van der Waals surface area contributed by atoms with Crippen LogP contribution in [0.15, 0.2) is 0 Å². The molecule has 0 aliphatic carbocycles. The van der Waals surface area contributed by atoms with Crippen LogP contribution < -0.4 is 9.47 Å². The van der Waals surface area contributed by atoms with Crippen LogP contribution in [0.3, 0.4) is 0 Å². The smallest absolute Gasteiger partial charge is 0.207 e. The van der Waals surface area contributed by atoms with E-state index in [0.717, 1.165) is 42.1 Å². The molecule has 0 amide bonds. The van der Waals surface area contributed by atoms with Crippen LogP contribution in [0.1, 0.15) is 155 Å². The minimum absolute atomic E-state index is 0.0562. The first-order valence-corrected chi connectivity index (χ1v) is 17.2. The van der Waals surface area contributed by atoms with Gasteiger partial charge in [-0.3, -0.25) is 0 Å². The first kappa shape index (κ1) is 37.4. The highest BCUT2D eigenvalue weighted by molar-refractivity contribution is 5.65. The molecule has 0 heterocycles. The first-order valence-electron chi connectivity index (χ1n) is 17.2. The number of phenols is 2. The van der Waals surface area contributed by atoms with Gasteiger partial charge in [-0.05, 0) is 49.4 Å². The molecule has 0 spiro atoms. The fourth-order valence-electron chi connectivity index (χ4n) is 6.45. The zero-order chi connectivity index (χ0) is 30.8. The maximum Gasteiger partial charge on any atom is 0.207 e. The summed E-state index contributed by atoms with van der Waals surface area (Å²) in [5, 5.41) is 21.2. The molecule has 0 aliphatic heterocycles. The highest BCUT2D eigenvalue weighted by atomic mass is 16.5. The predicted molar refractivity (Wildman–Crippen MR) is 177 cm³/mol. The van der Waals surface area contributed by atoms with E-state index in [2.05, 4.69) is 41.5 Å². The number of benzene rings is 1. The van der Waals surface area contributed by atoms with Gasteiger partial charge in [-0.2, -0.15) is 0 Å². The van der Waals surface area contributed by atoms with Crippen molar-refractivity contribution >= 4 is 0 Å². The first-order chi connectivity index (χ1) is 19.5. The summed E-state index contributed by atoms with van der Waals surface area (Å²) < 4.78 is 10.6. The summed E-state index contributed by atoms with van der Waals surface area (Å²) in [5.41, 5.74) is 1.43. The summed E-state index contributed by atoms with van der Waals surface area (Å²) >= 11 is 0. The summed E-state index contributed by atoms with van der Waals surface area (Å²) in [6.45, 7) is 16.2. The molecule has 1 aromatic carbocycles. The number of aromatic hydroxyl groups is 2. The lowest BCUT2D eigenvalue weighted by atomic mass is 9.89. The third-order valence-electron chi connectivity index (χ3n) is 9.65. The zero-order valence-electron chi connectivity index (χ0n) is 28.6. The number of hydrogen-bond acceptors (Lipinski definition) is 4. The Bertz CT molecular complexity index is 820. The molecule has 1 aromatic rings. The van der Waals surface area contributed by atoms with Crippen LogP contribution in [0, 0.1) is 36.5 Å². The van der Waals surface area contributed by atoms with Gasteiger partial charge in [0.15, 0.2) is 11.5 Å². The van der Waals surface area contributed by atoms with E-state index in [4.69, 9.17) is 9.47 Å². The Morgan fingerprint density at radius 1 is 0.512 bits per heavy atom. The van der Waals surface area contributed by atoms with E-state index in [1.807, 2.05) is 6.92 Å². The lowest BCUT2D eigenvalue weighted by Crippen LogP contribution is -2.04. The van der Waals surface area contributed by atoms with Gasteiger partial charge in [0.05, 0.1) is 14.2 Å². The Morgan fingerprint density at radius 2 is 0.829 bits per heavy atom. The van der Waals surface area contributed by atoms with Gasteiger partial charge >= 0.3 is 0 Å². The van der Waals surface area contributed by atoms with E-state index in [9.17, 15) is 10.2 Å². The van der Waals surface area contributed by atoms with Crippen LogP contribution >= 0.6 is 0 Å². The second-order valence-corrected chi connectivity index (χ2v) is 13.8. The second-order valence-electron chi connectivity index (χ2n) is 13.8. The maximum absolute atomic E-state index is 10.7. The largest absolute Gasteiger partial charge is 0.504 e. The Labute approximate surface area is 255 Å². The quantitative estimate of drug-likeness (QED) is 0.120. The highest BCUT2D eigenvalue weighted by Crippen LogP contribution is 2.48. The molecule has 5 unspecified atom stereocenters. The average molecular weight is 577 g/mol. The Kier molecular flexibility index (Phi) is 19.3. The normalized spacial score (nSPS) is 15.3. The fraction of sp³-hybridized carbons (Fsp3) is 0.838. The van der Waals surface area contributed by atoms with E-state index in [0.29, 0.717) is 11.5 Å². The van der Waals surface area contributed by atoms with E-state index < -0.39 is 0 Å². The number of ether oxygens (including phenoxy) is 2. The fourth-order valence-corrected chi connectivity index (χ4v) is 6.45. The van der Waals surface area contributed by atoms with Crippen molar-refractivity contribution in [2.45, 2.75) is 158 Å². The van der Waals surface area contributed by atoms with Crippen molar-refractivity contribution in [2.24, 2.45) is 29.6 Å². The van der Waals surface area contributed by atoms with Crippen LogP contribution in [0.25, 0.3) is 0 Å². The minimum atomic E-state index is 0.0562. The molecule has 0 aliphatic rings. The lowest BCUT2D eigenvalue weighted by Gasteiger charge is -2.19. The molecule has 41 heavy (non-hydrogen) atoms. The molecule has 240 valence electrons. The molecular weight excluding hydrogens is 508 g/mol. The van der Waals surface area contributed by atoms with Gasteiger partial charge in [-0.25, -0.2) is 0 Å². The third kappa shape index (κ3) is 14.4. The highest BCUT2D eigenvalue weighted by Gasteiger charge is 2.23. The Morgan fingerprint density at radius 3 is 1.17 bits per heavy atom. The van der Waals surface area contributed by atoms with E-state index in [1.54, 1.807) is 0 Å². The molecule has 0 fully saturated rings. The second kappa shape index (κ2) is 21.2. The van der Waals surface area contributed by atoms with Crippen molar-refractivity contribution in [2.75, 3.05) is 14.2 Å². The van der Waals surface area contributed by atoms with Crippen LogP contribution in [0.2, 0.25) is 0 Å². The molecule has 4 nitrogen and oxygen atoms in total. The minimum Gasteiger partial charge on any atom is -0.504 e. The number of rotatable bonds is 24. The van der Waals surface area contributed by atoms with Crippen molar-refractivity contribution in [1.29, 1.82) is 0 Å². The Hall–Kier alpha value is -1.58. The molecule has 0 bridgehead atoms. The molecule has 2 N–H and O–H groups in total. The SMILES string of the molecule is CCCCC(C)CCCC(C)CCCC(C)CCCC(C)CCCC(C)CCc1c(C)c(O)c(OC)c(OC)c1O. The van der Waals surface area contributed by atoms with Gasteiger partial charge < -0.3 is 19.7 Å². The van der Waals surface area contributed by atoms with Crippen LogP contribution in [-0.2, 0) is 6.42 Å². The van der Waals surface area contributed by atoms with Crippen molar-refractivity contribution < 1.29 is 19.7 Å². The molecule has 5 atom stereocenters. The molecule has 0 saturated heterocycles. The molecule has 0 radical (unpaired) electrons. The van der Waals surface area contributed by atoms with Gasteiger partial charge in [-0.15, -0.1) is 0 Å². The van der Waals surface area contributed by atoms with Gasteiger partial charge in [0.2, 0.25) is 11.5 Å². The molecule has 4 heteroatoms. The van der Waals surface area contributed by atoms with E-state index in [-0.39, 0.29) is 23.0 Å². The lowest BCUT2D eigenvalue weighted by molar-refractivity contribution is 0.313. The third-order valence-corrected chi connectivity index (χ3v) is 9.65. The van der Waals surface area contributed by atoms with Gasteiger partial charge in [0.25, 0.3) is 0 Å². The van der Waals surface area contributed by atoms with Crippen molar-refractivity contribution in [3.05, 3.63) is 11.1 Å². The molecule has 1 rings (SSSR count). The van der Waals surface area contributed by atoms with Gasteiger partial charge in [-0.1, -0.05) is 138 Å². The van der Waals surface area contributed by atoms with Crippen molar-refractivity contribution in [3.8, 4) is 23.0 Å². The standard InChI is InChI=1S/C37H68O4/c1-10-11-16-27(2)17-12-18-28(3)19-13-20-29(4)21-14-22-30(5)23-15-24-31(6)25-26-33-32(7)34(38)36(40-8)37(41-9)35(33)39/h27-31,38-39H,10-26H2,1-9H3. The van der Waals surface area contributed by atoms with Gasteiger partial charge in [0, 0.05) is 11.1 Å². The average Bonchev–Trinajstić information content (AvgIpc) is 2.93. The van der Waals surface area contributed by atoms with Gasteiger partial charge in [0.1, 0.15) is 0 Å². The summed E-state index contributed by atoms with van der Waals surface area (Å²) in [5.74, 6) is 4.60. The maximum atomic E-state index is 10.7. The predicted octanol–water partition coefficient (Wildman–Crippen LogP) is 11.4. The number of methoxy groups -OCH3 is 2. The molecule has 0 aromatic heterocycles. The Balaban J connectivity index is 2.20. The number of unbranched alkanes of at least 4 members (excludes halogenated alkanes) is 1. The number of hydrogen-bond donors (Lipinski definition) is 2. The molecular formula is C37H68O4. The topological polar surface area (TPSA) is 58.9 Å². The van der Waals surface area contributed by atoms with E-state index in [1.165, 1.54) is 111 Å². The van der Waals surface area contributed by atoms with Crippen LogP contribution in [0.4, 0.5) is 0 Å². The monoisotopic (exact) mass is 577 g/mol. The van der Waals surface area contributed by atoms with Crippen LogP contribution in [0.5, 0.6) is 23.0 Å². The van der Waals surface area contributed by atoms with Crippen molar-refractivity contribution in [3.63, 3.8) is 0 Å². The van der Waals surface area contributed by atoms with E-state index >= 15 is 0 Å². The molecule has 0 saturated carbocycles. The van der Waals surface area contributed by atoms with Crippen molar-refractivity contribution in [1.82, 2.24) is 0 Å².